The van der Waals surface area contributed by atoms with E-state index in [4.69, 9.17) is 10.8 Å². The molecule has 0 aliphatic heterocycles. The lowest BCUT2D eigenvalue weighted by atomic mass is 10.0. The van der Waals surface area contributed by atoms with Crippen molar-refractivity contribution in [2.24, 2.45) is 5.73 Å². The van der Waals surface area contributed by atoms with Crippen LogP contribution in [0.5, 0.6) is 0 Å². The number of carboxylic acids is 1. The maximum atomic E-state index is 12.2. The van der Waals surface area contributed by atoms with Crippen molar-refractivity contribution < 1.29 is 19.5 Å². The first-order chi connectivity index (χ1) is 13.4. The van der Waals surface area contributed by atoms with Crippen molar-refractivity contribution in [2.75, 3.05) is 6.54 Å². The highest BCUT2D eigenvalue weighted by atomic mass is 16.4. The van der Waals surface area contributed by atoms with Gasteiger partial charge in [-0.2, -0.15) is 0 Å². The van der Waals surface area contributed by atoms with Gasteiger partial charge in [0.25, 0.3) is 0 Å². The van der Waals surface area contributed by atoms with E-state index in [2.05, 4.69) is 10.6 Å². The second-order valence-corrected chi connectivity index (χ2v) is 6.53. The van der Waals surface area contributed by atoms with Gasteiger partial charge in [0.15, 0.2) is 0 Å². The normalized spacial score (nSPS) is 11.4. The van der Waals surface area contributed by atoms with Gasteiger partial charge in [0.05, 0.1) is 0 Å². The standard InChI is InChI=1S/C21H25N3O4/c22-20(27)17-8-4-7-16(13-17)11-12-23-21(28)24-18(9-10-19(25)26)14-15-5-2-1-3-6-15/h1-8,13,18H,9-12,14H2,(H2,22,27)(H,25,26)(H2,23,24,28). The molecule has 1 unspecified atom stereocenters. The number of hydrogen-bond acceptors (Lipinski definition) is 3. The van der Waals surface area contributed by atoms with Gasteiger partial charge in [-0.05, 0) is 42.5 Å². The summed E-state index contributed by atoms with van der Waals surface area (Å²) in [5, 5.41) is 14.5. The predicted octanol–water partition coefficient (Wildman–Crippen LogP) is 2.10. The van der Waals surface area contributed by atoms with Gasteiger partial charge >= 0.3 is 12.0 Å². The first kappa shape index (κ1) is 21.0. The fraction of sp³-hybridized carbons (Fsp3) is 0.286. The summed E-state index contributed by atoms with van der Waals surface area (Å²) < 4.78 is 0. The Morgan fingerprint density at radius 1 is 1.00 bits per heavy atom. The second-order valence-electron chi connectivity index (χ2n) is 6.53. The van der Waals surface area contributed by atoms with Crippen LogP contribution >= 0.6 is 0 Å². The van der Waals surface area contributed by atoms with Crippen LogP contribution in [0.25, 0.3) is 0 Å². The van der Waals surface area contributed by atoms with Crippen molar-refractivity contribution in [2.45, 2.75) is 31.7 Å². The highest BCUT2D eigenvalue weighted by Crippen LogP contribution is 2.08. The Hall–Kier alpha value is -3.35. The Labute approximate surface area is 163 Å². The smallest absolute Gasteiger partial charge is 0.315 e. The summed E-state index contributed by atoms with van der Waals surface area (Å²) in [6, 6.07) is 15.9. The summed E-state index contributed by atoms with van der Waals surface area (Å²) in [4.78, 5) is 34.3. The molecule has 2 rings (SSSR count). The minimum atomic E-state index is -0.894. The van der Waals surface area contributed by atoms with Crippen molar-refractivity contribution in [1.29, 1.82) is 0 Å². The van der Waals surface area contributed by atoms with Gasteiger partial charge < -0.3 is 21.5 Å². The molecule has 0 radical (unpaired) electrons. The van der Waals surface area contributed by atoms with Crippen LogP contribution in [0.4, 0.5) is 4.79 Å². The molecule has 7 nitrogen and oxygen atoms in total. The minimum Gasteiger partial charge on any atom is -0.481 e. The van der Waals surface area contributed by atoms with Gasteiger partial charge in [-0.1, -0.05) is 42.5 Å². The average Bonchev–Trinajstić information content (AvgIpc) is 2.67. The van der Waals surface area contributed by atoms with Crippen molar-refractivity contribution in [3.8, 4) is 0 Å². The third kappa shape index (κ3) is 7.49. The molecule has 0 saturated heterocycles. The van der Waals surface area contributed by atoms with E-state index in [0.29, 0.717) is 31.4 Å². The van der Waals surface area contributed by atoms with Crippen LogP contribution in [-0.2, 0) is 17.6 Å². The third-order valence-electron chi connectivity index (χ3n) is 4.28. The first-order valence-electron chi connectivity index (χ1n) is 9.13. The van der Waals surface area contributed by atoms with Gasteiger partial charge in [0.2, 0.25) is 5.91 Å². The predicted molar refractivity (Wildman–Crippen MR) is 106 cm³/mol. The van der Waals surface area contributed by atoms with Crippen LogP contribution in [0, 0.1) is 0 Å². The van der Waals surface area contributed by atoms with E-state index in [1.165, 1.54) is 0 Å². The lowest BCUT2D eigenvalue weighted by Crippen LogP contribution is -2.44. The molecule has 0 aliphatic rings. The fourth-order valence-corrected chi connectivity index (χ4v) is 2.86. The summed E-state index contributed by atoms with van der Waals surface area (Å²) in [6.45, 7) is 0.380. The molecule has 0 heterocycles. The number of hydrogen-bond donors (Lipinski definition) is 4. The molecule has 148 valence electrons. The number of carbonyl (C=O) groups is 3. The van der Waals surface area contributed by atoms with Gasteiger partial charge in [0, 0.05) is 24.6 Å². The lowest BCUT2D eigenvalue weighted by molar-refractivity contribution is -0.137. The van der Waals surface area contributed by atoms with Gasteiger partial charge in [-0.3, -0.25) is 9.59 Å². The molecular formula is C21H25N3O4. The van der Waals surface area contributed by atoms with E-state index in [-0.39, 0.29) is 18.5 Å². The number of primary amides is 1. The summed E-state index contributed by atoms with van der Waals surface area (Å²) >= 11 is 0. The van der Waals surface area contributed by atoms with E-state index < -0.39 is 11.9 Å². The molecule has 2 aromatic rings. The monoisotopic (exact) mass is 383 g/mol. The molecule has 0 spiro atoms. The van der Waals surface area contributed by atoms with Gasteiger partial charge in [-0.15, -0.1) is 0 Å². The number of urea groups is 1. The number of carbonyl (C=O) groups excluding carboxylic acids is 2. The van der Waals surface area contributed by atoms with Crippen LogP contribution < -0.4 is 16.4 Å². The Morgan fingerprint density at radius 2 is 1.71 bits per heavy atom. The first-order valence-corrected chi connectivity index (χ1v) is 9.13. The molecule has 0 bridgehead atoms. The van der Waals surface area contributed by atoms with Crippen molar-refractivity contribution in [1.82, 2.24) is 10.6 Å². The topological polar surface area (TPSA) is 122 Å². The Kier molecular flexibility index (Phi) is 8.02. The quantitative estimate of drug-likeness (QED) is 0.502. The largest absolute Gasteiger partial charge is 0.481 e. The highest BCUT2D eigenvalue weighted by Gasteiger charge is 2.14. The Bertz CT molecular complexity index is 808. The Balaban J connectivity index is 1.85. The molecule has 7 heteroatoms. The minimum absolute atomic E-state index is 0.0162. The lowest BCUT2D eigenvalue weighted by Gasteiger charge is -2.19. The maximum absolute atomic E-state index is 12.2. The van der Waals surface area contributed by atoms with Crippen molar-refractivity contribution >= 4 is 17.9 Å². The van der Waals surface area contributed by atoms with Crippen LogP contribution in [0.3, 0.4) is 0 Å². The van der Waals surface area contributed by atoms with E-state index in [0.717, 1.165) is 11.1 Å². The molecule has 5 N–H and O–H groups in total. The number of aliphatic carboxylic acids is 1. The number of nitrogens with one attached hydrogen (secondary N) is 2. The van der Waals surface area contributed by atoms with Crippen molar-refractivity contribution in [3.05, 3.63) is 71.3 Å². The number of carboxylic acid groups (broad SMARTS) is 1. The molecule has 0 aromatic heterocycles. The number of nitrogens with two attached hydrogens (primary N) is 1. The van der Waals surface area contributed by atoms with Gasteiger partial charge in [0.1, 0.15) is 0 Å². The zero-order valence-corrected chi connectivity index (χ0v) is 15.6. The van der Waals surface area contributed by atoms with E-state index in [1.807, 2.05) is 36.4 Å². The molecule has 28 heavy (non-hydrogen) atoms. The number of benzene rings is 2. The zero-order valence-electron chi connectivity index (χ0n) is 15.6. The molecule has 0 aliphatic carbocycles. The van der Waals surface area contributed by atoms with Gasteiger partial charge in [-0.25, -0.2) is 4.79 Å². The number of rotatable bonds is 10. The molecule has 0 saturated carbocycles. The number of amides is 3. The second kappa shape index (κ2) is 10.7. The summed E-state index contributed by atoms with van der Waals surface area (Å²) in [7, 11) is 0. The molecule has 3 amide bonds. The van der Waals surface area contributed by atoms with E-state index >= 15 is 0 Å². The van der Waals surface area contributed by atoms with Crippen molar-refractivity contribution in [3.63, 3.8) is 0 Å². The SMILES string of the molecule is NC(=O)c1cccc(CCNC(=O)NC(CCC(=O)O)Cc2ccccc2)c1. The zero-order chi connectivity index (χ0) is 20.4. The summed E-state index contributed by atoms with van der Waals surface area (Å²) in [5.41, 5.74) is 7.62. The average molecular weight is 383 g/mol. The summed E-state index contributed by atoms with van der Waals surface area (Å²) in [6.07, 6.45) is 1.44. The van der Waals surface area contributed by atoms with Crippen LogP contribution in [0.15, 0.2) is 54.6 Å². The van der Waals surface area contributed by atoms with E-state index in [1.54, 1.807) is 18.2 Å². The third-order valence-corrected chi connectivity index (χ3v) is 4.28. The molecule has 0 fully saturated rings. The van der Waals surface area contributed by atoms with Crippen LogP contribution in [-0.4, -0.2) is 35.6 Å². The highest BCUT2D eigenvalue weighted by molar-refractivity contribution is 5.92. The van der Waals surface area contributed by atoms with Crippen LogP contribution in [0.1, 0.15) is 34.3 Å². The maximum Gasteiger partial charge on any atom is 0.315 e. The molecule has 2 aromatic carbocycles. The van der Waals surface area contributed by atoms with Crippen LogP contribution in [0.2, 0.25) is 0 Å². The van der Waals surface area contributed by atoms with E-state index in [9.17, 15) is 14.4 Å². The fourth-order valence-electron chi connectivity index (χ4n) is 2.86. The molecular weight excluding hydrogens is 358 g/mol. The Morgan fingerprint density at radius 3 is 2.39 bits per heavy atom. The molecule has 1 atom stereocenters. The summed E-state index contributed by atoms with van der Waals surface area (Å²) in [5.74, 6) is -1.38.